The standard InChI is InChI=1S/C21H17F5N6O/c1-11-28-16-8-14(22)15(23)9-17(16)32(11)19-10-18(27-6-7-33)30-20(31-19)29-13-4-2-12(3-5-13)21(24,25)26/h2-5,8-10,33H,6-7H2,1H3,(H2,27,29,30,31). The fraction of sp³-hybridized carbons (Fsp3) is 0.190. The molecule has 0 aliphatic rings. The van der Waals surface area contributed by atoms with Crippen LogP contribution < -0.4 is 10.6 Å². The predicted molar refractivity (Wildman–Crippen MR) is 112 cm³/mol. The fourth-order valence-electron chi connectivity index (χ4n) is 3.23. The lowest BCUT2D eigenvalue weighted by molar-refractivity contribution is -0.137. The molecule has 172 valence electrons. The molecule has 4 aromatic rings. The average Bonchev–Trinajstić information content (AvgIpc) is 3.06. The number of aliphatic hydroxyl groups is 1. The highest BCUT2D eigenvalue weighted by Gasteiger charge is 2.30. The minimum Gasteiger partial charge on any atom is -0.395 e. The van der Waals surface area contributed by atoms with Crippen molar-refractivity contribution in [3.63, 3.8) is 0 Å². The number of aromatic nitrogens is 4. The number of fused-ring (bicyclic) bond motifs is 1. The first-order chi connectivity index (χ1) is 15.7. The molecule has 0 aliphatic heterocycles. The maximum atomic E-state index is 13.9. The van der Waals surface area contributed by atoms with E-state index >= 15 is 0 Å². The molecule has 2 aromatic carbocycles. The van der Waals surface area contributed by atoms with E-state index < -0.39 is 23.4 Å². The highest BCUT2D eigenvalue weighted by molar-refractivity contribution is 5.78. The third kappa shape index (κ3) is 4.70. The van der Waals surface area contributed by atoms with Crippen LogP contribution in [-0.4, -0.2) is 37.8 Å². The number of imidazole rings is 1. The van der Waals surface area contributed by atoms with Gasteiger partial charge in [-0.3, -0.25) is 4.57 Å². The van der Waals surface area contributed by atoms with Crippen LogP contribution in [0, 0.1) is 18.6 Å². The van der Waals surface area contributed by atoms with Gasteiger partial charge in [0.05, 0.1) is 23.2 Å². The van der Waals surface area contributed by atoms with Crippen LogP contribution in [0.15, 0.2) is 42.5 Å². The van der Waals surface area contributed by atoms with Gasteiger partial charge in [0.15, 0.2) is 11.6 Å². The molecule has 0 spiro atoms. The minimum atomic E-state index is -4.47. The minimum absolute atomic E-state index is 0.0246. The molecule has 33 heavy (non-hydrogen) atoms. The Morgan fingerprint density at radius 3 is 2.33 bits per heavy atom. The Kier molecular flexibility index (Phi) is 5.85. The number of aryl methyl sites for hydroxylation is 1. The van der Waals surface area contributed by atoms with Crippen LogP contribution in [0.3, 0.4) is 0 Å². The Bertz CT molecular complexity index is 1300. The summed E-state index contributed by atoms with van der Waals surface area (Å²) >= 11 is 0. The number of rotatable bonds is 6. The molecule has 0 atom stereocenters. The van der Waals surface area contributed by atoms with E-state index in [2.05, 4.69) is 25.6 Å². The van der Waals surface area contributed by atoms with Gasteiger partial charge in [-0.2, -0.15) is 23.1 Å². The van der Waals surface area contributed by atoms with Crippen LogP contribution in [-0.2, 0) is 6.18 Å². The maximum absolute atomic E-state index is 13.9. The van der Waals surface area contributed by atoms with Gasteiger partial charge < -0.3 is 15.7 Å². The van der Waals surface area contributed by atoms with Crippen molar-refractivity contribution in [3.8, 4) is 5.82 Å². The lowest BCUT2D eigenvalue weighted by Gasteiger charge is -2.13. The molecule has 0 aliphatic carbocycles. The highest BCUT2D eigenvalue weighted by Crippen LogP contribution is 2.30. The van der Waals surface area contributed by atoms with E-state index in [0.29, 0.717) is 11.5 Å². The van der Waals surface area contributed by atoms with Gasteiger partial charge in [-0.25, -0.2) is 13.8 Å². The third-order valence-electron chi connectivity index (χ3n) is 4.69. The van der Waals surface area contributed by atoms with Gasteiger partial charge in [0, 0.05) is 30.4 Å². The zero-order chi connectivity index (χ0) is 23.8. The number of nitrogens with one attached hydrogen (secondary N) is 2. The van der Waals surface area contributed by atoms with Crippen molar-refractivity contribution in [1.29, 1.82) is 0 Å². The molecule has 0 unspecified atom stereocenters. The molecule has 0 saturated heterocycles. The first-order valence-corrected chi connectivity index (χ1v) is 9.68. The number of nitrogens with zero attached hydrogens (tertiary/aromatic N) is 4. The summed E-state index contributed by atoms with van der Waals surface area (Å²) in [6, 6.07) is 7.79. The molecule has 0 bridgehead atoms. The molecule has 4 rings (SSSR count). The van der Waals surface area contributed by atoms with Gasteiger partial charge in [-0.15, -0.1) is 0 Å². The van der Waals surface area contributed by atoms with Crippen LogP contribution in [0.25, 0.3) is 16.9 Å². The summed E-state index contributed by atoms with van der Waals surface area (Å²) in [5.41, 5.74) is -0.0257. The monoisotopic (exact) mass is 464 g/mol. The summed E-state index contributed by atoms with van der Waals surface area (Å²) < 4.78 is 67.5. The van der Waals surface area contributed by atoms with E-state index in [1.165, 1.54) is 22.8 Å². The van der Waals surface area contributed by atoms with E-state index in [0.717, 1.165) is 24.3 Å². The smallest absolute Gasteiger partial charge is 0.395 e. The second-order valence-corrected chi connectivity index (χ2v) is 7.03. The summed E-state index contributed by atoms with van der Waals surface area (Å²) in [5.74, 6) is -1.15. The van der Waals surface area contributed by atoms with Crippen molar-refractivity contribution in [2.24, 2.45) is 0 Å². The number of alkyl halides is 3. The fourth-order valence-corrected chi connectivity index (χ4v) is 3.23. The van der Waals surface area contributed by atoms with E-state index in [-0.39, 0.29) is 41.8 Å². The topological polar surface area (TPSA) is 87.9 Å². The maximum Gasteiger partial charge on any atom is 0.416 e. The van der Waals surface area contributed by atoms with E-state index in [1.807, 2.05) is 0 Å². The Balaban J connectivity index is 1.77. The highest BCUT2D eigenvalue weighted by atomic mass is 19.4. The predicted octanol–water partition coefficient (Wildman–Crippen LogP) is 4.57. The molecule has 12 heteroatoms. The van der Waals surface area contributed by atoms with E-state index in [9.17, 15) is 22.0 Å². The molecule has 3 N–H and O–H groups in total. The molecule has 0 radical (unpaired) electrons. The summed E-state index contributed by atoms with van der Waals surface area (Å²) in [6.07, 6.45) is -4.47. The Morgan fingerprint density at radius 2 is 1.67 bits per heavy atom. The lowest BCUT2D eigenvalue weighted by Crippen LogP contribution is -2.11. The van der Waals surface area contributed by atoms with Gasteiger partial charge in [0.2, 0.25) is 5.95 Å². The zero-order valence-corrected chi connectivity index (χ0v) is 17.1. The van der Waals surface area contributed by atoms with Crippen LogP contribution in [0.1, 0.15) is 11.4 Å². The van der Waals surface area contributed by atoms with E-state index in [1.54, 1.807) is 6.92 Å². The summed E-state index contributed by atoms with van der Waals surface area (Å²) in [5, 5.41) is 14.8. The largest absolute Gasteiger partial charge is 0.416 e. The van der Waals surface area contributed by atoms with Crippen molar-refractivity contribution < 1.29 is 27.1 Å². The molecule has 0 saturated carbocycles. The van der Waals surface area contributed by atoms with Crippen molar-refractivity contribution in [2.45, 2.75) is 13.1 Å². The number of hydrogen-bond donors (Lipinski definition) is 3. The molecule has 2 heterocycles. The van der Waals surface area contributed by atoms with Gasteiger partial charge >= 0.3 is 6.18 Å². The average molecular weight is 464 g/mol. The summed E-state index contributed by atoms with van der Waals surface area (Å²) in [4.78, 5) is 12.9. The van der Waals surface area contributed by atoms with Gasteiger partial charge in [-0.1, -0.05) is 0 Å². The number of anilines is 3. The van der Waals surface area contributed by atoms with Crippen LogP contribution >= 0.6 is 0 Å². The Morgan fingerprint density at radius 1 is 0.970 bits per heavy atom. The second kappa shape index (κ2) is 8.62. The van der Waals surface area contributed by atoms with Crippen LogP contribution in [0.5, 0.6) is 0 Å². The van der Waals surface area contributed by atoms with Crippen molar-refractivity contribution in [2.75, 3.05) is 23.8 Å². The van der Waals surface area contributed by atoms with Gasteiger partial charge in [-0.05, 0) is 31.2 Å². The van der Waals surface area contributed by atoms with Crippen LogP contribution in [0.4, 0.5) is 39.4 Å². The van der Waals surface area contributed by atoms with E-state index in [4.69, 9.17) is 5.11 Å². The molecule has 0 amide bonds. The lowest BCUT2D eigenvalue weighted by atomic mass is 10.2. The molecule has 0 fully saturated rings. The number of hydrogen-bond acceptors (Lipinski definition) is 6. The summed E-state index contributed by atoms with van der Waals surface area (Å²) in [6.45, 7) is 1.61. The third-order valence-corrected chi connectivity index (χ3v) is 4.69. The van der Waals surface area contributed by atoms with Gasteiger partial charge in [0.1, 0.15) is 17.5 Å². The van der Waals surface area contributed by atoms with Crippen molar-refractivity contribution >= 4 is 28.5 Å². The Hall–Kier alpha value is -3.80. The van der Waals surface area contributed by atoms with Gasteiger partial charge in [0.25, 0.3) is 0 Å². The zero-order valence-electron chi connectivity index (χ0n) is 17.1. The van der Waals surface area contributed by atoms with Crippen molar-refractivity contribution in [3.05, 3.63) is 65.5 Å². The van der Waals surface area contributed by atoms with Crippen molar-refractivity contribution in [1.82, 2.24) is 19.5 Å². The SMILES string of the molecule is Cc1nc2cc(F)c(F)cc2n1-c1cc(NCCO)nc(Nc2ccc(C(F)(F)F)cc2)n1. The molecular weight excluding hydrogens is 447 g/mol. The molecular formula is C21H17F5N6O. The number of halogens is 5. The summed E-state index contributed by atoms with van der Waals surface area (Å²) in [7, 11) is 0. The first-order valence-electron chi connectivity index (χ1n) is 9.68. The normalized spacial score (nSPS) is 11.7. The second-order valence-electron chi connectivity index (χ2n) is 7.03. The molecule has 7 nitrogen and oxygen atoms in total. The number of aliphatic hydroxyl groups excluding tert-OH is 1. The number of benzene rings is 2. The Labute approximate surface area is 183 Å². The molecule has 2 aromatic heterocycles. The quantitative estimate of drug-likeness (QED) is 0.363. The van der Waals surface area contributed by atoms with Crippen LogP contribution in [0.2, 0.25) is 0 Å². The first kappa shape index (κ1) is 22.4.